The Kier molecular flexibility index (Phi) is 14.8. The van der Waals surface area contributed by atoms with Crippen LogP contribution < -0.4 is 0 Å². The molecule has 0 aliphatic rings. The molecule has 0 fully saturated rings. The molecule has 0 atom stereocenters. The fourth-order valence-corrected chi connectivity index (χ4v) is 16.1. The van der Waals surface area contributed by atoms with Crippen LogP contribution in [0, 0.1) is 0 Å². The Labute approximate surface area is 580 Å². The van der Waals surface area contributed by atoms with Crippen LogP contribution in [0.4, 0.5) is 0 Å². The van der Waals surface area contributed by atoms with Crippen molar-refractivity contribution >= 4 is 141 Å². The second kappa shape index (κ2) is 24.7. The lowest BCUT2D eigenvalue weighted by molar-refractivity contribution is 1.02. The second-order valence-corrected chi connectivity index (χ2v) is 26.5. The molecular formula is C96H70N4. The minimum Gasteiger partial charge on any atom is -0.344 e. The summed E-state index contributed by atoms with van der Waals surface area (Å²) in [6.45, 7) is 0. The summed E-state index contributed by atoms with van der Waals surface area (Å²) in [5, 5.41) is 23.7. The van der Waals surface area contributed by atoms with Gasteiger partial charge in [0.05, 0.1) is 16.6 Å². The maximum Gasteiger partial charge on any atom is 0.0574 e. The van der Waals surface area contributed by atoms with Crippen LogP contribution in [-0.4, -0.2) is 18.3 Å². The predicted octanol–water partition coefficient (Wildman–Crippen LogP) is 25.8. The molecule has 4 heteroatoms. The van der Waals surface area contributed by atoms with E-state index < -0.39 is 0 Å². The van der Waals surface area contributed by atoms with Crippen molar-refractivity contribution in [3.05, 3.63) is 352 Å². The standard InChI is InChI=1S/C27H19N.3C23H17N/c1-28-25-16-15-19(18-9-3-2-4-10-18)17-24(25)26-22-13-7-5-11-20(22)21-12-6-8-14-23(21)27(26)28;1-24-22-14-8-7-12-18(22)21-15-20(16-9-3-2-4-10-16)17-11-5-6-13-19(17)23(21)24;1-24-22-14-12-18(16-7-3-2-4-8-16)15-21(22)20-13-11-17-9-5-6-10-19(17)23(20)24;1-24-22-12-11-19(16-7-3-2-4-8-16)14-20(22)21-13-17-9-5-6-10-18(17)15-23(21)24/h2-17H,1H3;3*2-15H,1H3. The summed E-state index contributed by atoms with van der Waals surface area (Å²) in [6, 6.07) is 127. The van der Waals surface area contributed by atoms with Crippen molar-refractivity contribution in [1.29, 1.82) is 0 Å². The summed E-state index contributed by atoms with van der Waals surface area (Å²) < 4.78 is 9.30. The van der Waals surface area contributed by atoms with Crippen LogP contribution in [-0.2, 0) is 28.2 Å². The zero-order chi connectivity index (χ0) is 67.0. The van der Waals surface area contributed by atoms with Gasteiger partial charge in [-0.2, -0.15) is 0 Å². The zero-order valence-corrected chi connectivity index (χ0v) is 56.3. The average Bonchev–Trinajstić information content (AvgIpc) is 1.50. The first-order valence-electron chi connectivity index (χ1n) is 34.5. The first kappa shape index (κ1) is 59.7. The highest BCUT2D eigenvalue weighted by atomic mass is 15.0. The van der Waals surface area contributed by atoms with Gasteiger partial charge in [0.1, 0.15) is 0 Å². The lowest BCUT2D eigenvalue weighted by atomic mass is 9.95. The number of aromatic nitrogens is 4. The summed E-state index contributed by atoms with van der Waals surface area (Å²) in [5.41, 5.74) is 20.5. The predicted molar refractivity (Wildman–Crippen MR) is 431 cm³/mol. The topological polar surface area (TPSA) is 19.7 Å². The summed E-state index contributed by atoms with van der Waals surface area (Å²) in [6.07, 6.45) is 0. The lowest BCUT2D eigenvalue weighted by Gasteiger charge is -2.10. The number of hydrogen-bond acceptors (Lipinski definition) is 0. The van der Waals surface area contributed by atoms with Gasteiger partial charge >= 0.3 is 0 Å². The van der Waals surface area contributed by atoms with Gasteiger partial charge in [-0.15, -0.1) is 0 Å². The van der Waals surface area contributed by atoms with Gasteiger partial charge < -0.3 is 18.3 Å². The Hall–Kier alpha value is -12.8. The van der Waals surface area contributed by atoms with Crippen molar-refractivity contribution in [2.45, 2.75) is 0 Å². The molecule has 0 spiro atoms. The molecule has 21 aromatic rings. The van der Waals surface area contributed by atoms with Gasteiger partial charge in [-0.3, -0.25) is 0 Å². The van der Waals surface area contributed by atoms with Gasteiger partial charge in [0.25, 0.3) is 0 Å². The molecule has 0 amide bonds. The Morgan fingerprint density at radius 3 is 1.10 bits per heavy atom. The van der Waals surface area contributed by atoms with E-state index in [4.69, 9.17) is 0 Å². The fraction of sp³-hybridized carbons (Fsp3) is 0.0417. The van der Waals surface area contributed by atoms with Crippen LogP contribution in [0.3, 0.4) is 0 Å². The normalized spacial score (nSPS) is 11.6. The molecule has 100 heavy (non-hydrogen) atoms. The highest BCUT2D eigenvalue weighted by Gasteiger charge is 2.19. The Bertz CT molecular complexity index is 6670. The zero-order valence-electron chi connectivity index (χ0n) is 56.3. The molecule has 0 saturated heterocycles. The van der Waals surface area contributed by atoms with Crippen molar-refractivity contribution in [2.24, 2.45) is 28.2 Å². The fourth-order valence-electron chi connectivity index (χ4n) is 16.1. The van der Waals surface area contributed by atoms with Gasteiger partial charge in [0, 0.05) is 115 Å². The summed E-state index contributed by atoms with van der Waals surface area (Å²) in [4.78, 5) is 0. The number of rotatable bonds is 4. The minimum absolute atomic E-state index is 1.26. The lowest BCUT2D eigenvalue weighted by Crippen LogP contribution is -1.89. The molecule has 0 unspecified atom stereocenters. The largest absolute Gasteiger partial charge is 0.344 e. The van der Waals surface area contributed by atoms with Gasteiger partial charge in [-0.05, 0) is 143 Å². The highest BCUT2D eigenvalue weighted by molar-refractivity contribution is 6.32. The maximum atomic E-state index is 2.36. The number of fused-ring (bicyclic) bond motifs is 22. The number of benzene rings is 17. The van der Waals surface area contributed by atoms with Crippen LogP contribution >= 0.6 is 0 Å². The molecule has 4 aromatic heterocycles. The third-order valence-corrected chi connectivity index (χ3v) is 20.9. The molecule has 21 rings (SSSR count). The van der Waals surface area contributed by atoms with Gasteiger partial charge in [0.2, 0.25) is 0 Å². The van der Waals surface area contributed by atoms with E-state index in [0.29, 0.717) is 0 Å². The Morgan fingerprint density at radius 1 is 0.160 bits per heavy atom. The average molecular weight is 1280 g/mol. The third-order valence-electron chi connectivity index (χ3n) is 20.9. The Morgan fingerprint density at radius 2 is 0.520 bits per heavy atom. The second-order valence-electron chi connectivity index (χ2n) is 26.5. The maximum absolute atomic E-state index is 2.36. The van der Waals surface area contributed by atoms with E-state index in [0.717, 1.165) is 0 Å². The quantitative estimate of drug-likeness (QED) is 0.157. The molecule has 0 N–H and O–H groups in total. The first-order valence-corrected chi connectivity index (χ1v) is 34.5. The van der Waals surface area contributed by atoms with E-state index in [1.165, 1.54) is 186 Å². The number of nitrogens with zero attached hydrogens (tertiary/aromatic N) is 4. The van der Waals surface area contributed by atoms with Crippen molar-refractivity contribution in [3.8, 4) is 44.5 Å². The Balaban J connectivity index is 0.0000000963. The van der Waals surface area contributed by atoms with E-state index in [1.807, 2.05) is 0 Å². The van der Waals surface area contributed by atoms with E-state index in [2.05, 4.69) is 398 Å². The molecule has 0 aliphatic heterocycles. The molecule has 0 radical (unpaired) electrons. The minimum atomic E-state index is 1.26. The summed E-state index contributed by atoms with van der Waals surface area (Å²) >= 11 is 0. The molecule has 4 nitrogen and oxygen atoms in total. The molecule has 0 saturated carbocycles. The monoisotopic (exact) mass is 1280 g/mol. The van der Waals surface area contributed by atoms with Crippen molar-refractivity contribution in [1.82, 2.24) is 18.3 Å². The number of hydrogen-bond donors (Lipinski definition) is 0. The van der Waals surface area contributed by atoms with Gasteiger partial charge in [0.15, 0.2) is 0 Å². The highest BCUT2D eigenvalue weighted by Crippen LogP contribution is 2.44. The van der Waals surface area contributed by atoms with Crippen LogP contribution in [0.5, 0.6) is 0 Å². The van der Waals surface area contributed by atoms with Crippen LogP contribution in [0.2, 0.25) is 0 Å². The smallest absolute Gasteiger partial charge is 0.0574 e. The van der Waals surface area contributed by atoms with E-state index >= 15 is 0 Å². The van der Waals surface area contributed by atoms with E-state index in [1.54, 1.807) is 0 Å². The molecule has 17 aromatic carbocycles. The van der Waals surface area contributed by atoms with Crippen molar-refractivity contribution in [3.63, 3.8) is 0 Å². The van der Waals surface area contributed by atoms with Crippen LogP contribution in [0.1, 0.15) is 0 Å². The third kappa shape index (κ3) is 10.1. The summed E-state index contributed by atoms with van der Waals surface area (Å²) in [7, 11) is 8.67. The van der Waals surface area contributed by atoms with E-state index in [-0.39, 0.29) is 0 Å². The van der Waals surface area contributed by atoms with Crippen LogP contribution in [0.15, 0.2) is 352 Å². The molecule has 4 heterocycles. The SMILES string of the molecule is Cn1c2ccc(-c3ccccc3)cc2c2c3ccccc3c3ccccc3c21.Cn1c2ccc(-c3ccccc3)cc2c2cc3ccccc3cc21.Cn1c2ccc(-c3ccccc3)cc2c2ccc3ccccc3c21.Cn1c2ccccc2c2cc(-c3ccccc3)c3ccccc3c21. The summed E-state index contributed by atoms with van der Waals surface area (Å²) in [5.74, 6) is 0. The van der Waals surface area contributed by atoms with Crippen LogP contribution in [0.25, 0.3) is 186 Å². The van der Waals surface area contributed by atoms with Crippen molar-refractivity contribution in [2.75, 3.05) is 0 Å². The van der Waals surface area contributed by atoms with Gasteiger partial charge in [-0.25, -0.2) is 0 Å². The number of para-hydroxylation sites is 1. The molecule has 0 bridgehead atoms. The molecule has 0 aliphatic carbocycles. The van der Waals surface area contributed by atoms with E-state index in [9.17, 15) is 0 Å². The van der Waals surface area contributed by atoms with Gasteiger partial charge in [-0.1, -0.05) is 291 Å². The molecular weight excluding hydrogens is 1210 g/mol. The van der Waals surface area contributed by atoms with Crippen molar-refractivity contribution < 1.29 is 0 Å². The first-order chi connectivity index (χ1) is 49.3. The molecule has 474 valence electrons. The number of aryl methyl sites for hydroxylation is 4.